The average Bonchev–Trinajstić information content (AvgIpc) is 2.80. The van der Waals surface area contributed by atoms with Gasteiger partial charge in [0, 0.05) is 25.2 Å². The molecule has 9 nitrogen and oxygen atoms in total. The summed E-state index contributed by atoms with van der Waals surface area (Å²) in [4.78, 5) is 11.6. The van der Waals surface area contributed by atoms with E-state index in [-0.39, 0.29) is 39.9 Å². The van der Waals surface area contributed by atoms with E-state index in [1.165, 1.54) is 47.6 Å². The topological polar surface area (TPSA) is 122 Å². The molecule has 0 unspecified atom stereocenters. The highest BCUT2D eigenvalue weighted by atomic mass is 32.2. The molecule has 11 heteroatoms. The van der Waals surface area contributed by atoms with Gasteiger partial charge < -0.3 is 10.1 Å². The molecule has 1 fully saturated rings. The van der Waals surface area contributed by atoms with Crippen molar-refractivity contribution in [2.45, 2.75) is 36.5 Å². The van der Waals surface area contributed by atoms with Crippen LogP contribution in [-0.2, 0) is 24.8 Å². The molecule has 33 heavy (non-hydrogen) atoms. The van der Waals surface area contributed by atoms with Crippen LogP contribution in [0.5, 0.6) is 0 Å². The van der Waals surface area contributed by atoms with Gasteiger partial charge in [-0.1, -0.05) is 25.5 Å². The van der Waals surface area contributed by atoms with Crippen molar-refractivity contribution in [1.82, 2.24) is 4.31 Å². The van der Waals surface area contributed by atoms with Crippen LogP contribution in [0.15, 0.2) is 52.3 Å². The van der Waals surface area contributed by atoms with Crippen molar-refractivity contribution >= 4 is 37.2 Å². The number of anilines is 2. The van der Waals surface area contributed by atoms with Crippen molar-refractivity contribution in [2.24, 2.45) is 0 Å². The van der Waals surface area contributed by atoms with Crippen molar-refractivity contribution in [3.05, 3.63) is 48.0 Å². The molecule has 180 valence electrons. The van der Waals surface area contributed by atoms with E-state index in [2.05, 4.69) is 10.0 Å². The summed E-state index contributed by atoms with van der Waals surface area (Å²) in [6, 6.07) is 10.1. The number of carbonyl (C=O) groups is 1. The average molecular weight is 496 g/mol. The summed E-state index contributed by atoms with van der Waals surface area (Å²) < 4.78 is 61.5. The Morgan fingerprint density at radius 2 is 1.73 bits per heavy atom. The van der Waals surface area contributed by atoms with Gasteiger partial charge in [0.2, 0.25) is 10.0 Å². The number of hydrogen-bond acceptors (Lipinski definition) is 7. The second kappa shape index (κ2) is 10.6. The molecule has 0 bridgehead atoms. The number of nitrogens with one attached hydrogen (secondary N) is 2. The minimum atomic E-state index is -4.08. The zero-order valence-electron chi connectivity index (χ0n) is 18.7. The Hall–Kier alpha value is -2.47. The van der Waals surface area contributed by atoms with Crippen molar-refractivity contribution in [3.8, 4) is 0 Å². The molecule has 1 heterocycles. The Bertz CT molecular complexity index is 1210. The minimum Gasteiger partial charge on any atom is -0.383 e. The Morgan fingerprint density at radius 3 is 2.39 bits per heavy atom. The van der Waals surface area contributed by atoms with Gasteiger partial charge in [0.15, 0.2) is 5.78 Å². The summed E-state index contributed by atoms with van der Waals surface area (Å²) in [6.07, 6.45) is 1.80. The Morgan fingerprint density at radius 1 is 1.00 bits per heavy atom. The smallest absolute Gasteiger partial charge is 0.261 e. The maximum absolute atomic E-state index is 13.1. The Kier molecular flexibility index (Phi) is 8.11. The van der Waals surface area contributed by atoms with Crippen LogP contribution in [0.25, 0.3) is 0 Å². The molecule has 1 aliphatic rings. The number of carbonyl (C=O) groups excluding carboxylic acids is 1. The van der Waals surface area contributed by atoms with Crippen LogP contribution in [-0.4, -0.2) is 59.8 Å². The first kappa shape index (κ1) is 25.2. The lowest BCUT2D eigenvalue weighted by Crippen LogP contribution is -2.40. The molecule has 0 aromatic heterocycles. The maximum Gasteiger partial charge on any atom is 0.261 e. The van der Waals surface area contributed by atoms with E-state index in [9.17, 15) is 21.6 Å². The predicted molar refractivity (Wildman–Crippen MR) is 127 cm³/mol. The van der Waals surface area contributed by atoms with Crippen LogP contribution >= 0.6 is 0 Å². The molecular formula is C22H29N3O6S2. The number of benzene rings is 2. The first-order chi connectivity index (χ1) is 15.6. The highest BCUT2D eigenvalue weighted by molar-refractivity contribution is 7.92. The summed E-state index contributed by atoms with van der Waals surface area (Å²) in [5.74, 6) is -0.257. The molecule has 1 saturated heterocycles. The van der Waals surface area contributed by atoms with Crippen molar-refractivity contribution < 1.29 is 26.4 Å². The first-order valence-corrected chi connectivity index (χ1v) is 13.7. The van der Waals surface area contributed by atoms with E-state index >= 15 is 0 Å². The van der Waals surface area contributed by atoms with Crippen LogP contribution in [0, 0.1) is 0 Å². The number of nitrogens with zero attached hydrogens (tertiary/aromatic N) is 1. The molecule has 0 radical (unpaired) electrons. The first-order valence-electron chi connectivity index (χ1n) is 10.7. The quantitative estimate of drug-likeness (QED) is 0.384. The van der Waals surface area contributed by atoms with Crippen LogP contribution in [0.3, 0.4) is 0 Å². The number of unbranched alkanes of at least 4 members (excludes halogenated alkanes) is 1. The van der Waals surface area contributed by atoms with Crippen LogP contribution in [0.4, 0.5) is 11.4 Å². The summed E-state index contributed by atoms with van der Waals surface area (Å²) in [5, 5.41) is 3.17. The Labute approximate surface area is 195 Å². The van der Waals surface area contributed by atoms with Crippen molar-refractivity contribution in [2.75, 3.05) is 42.9 Å². The lowest BCUT2D eigenvalue weighted by Gasteiger charge is -2.26. The van der Waals surface area contributed by atoms with Gasteiger partial charge in [-0.15, -0.1) is 0 Å². The molecular weight excluding hydrogens is 466 g/mol. The van der Waals surface area contributed by atoms with Gasteiger partial charge in [-0.05, 0) is 43.7 Å². The third-order valence-electron chi connectivity index (χ3n) is 5.24. The number of sulfonamides is 2. The van der Waals surface area contributed by atoms with Gasteiger partial charge in [-0.25, -0.2) is 16.8 Å². The fourth-order valence-electron chi connectivity index (χ4n) is 3.34. The lowest BCUT2D eigenvalue weighted by atomic mass is 10.2. The monoisotopic (exact) mass is 495 g/mol. The zero-order chi connectivity index (χ0) is 24.1. The minimum absolute atomic E-state index is 0.0133. The van der Waals surface area contributed by atoms with Gasteiger partial charge in [0.05, 0.1) is 34.4 Å². The van der Waals surface area contributed by atoms with Crippen LogP contribution < -0.4 is 10.0 Å². The van der Waals surface area contributed by atoms with E-state index in [4.69, 9.17) is 4.74 Å². The summed E-state index contributed by atoms with van der Waals surface area (Å²) >= 11 is 0. The zero-order valence-corrected chi connectivity index (χ0v) is 20.3. The number of Topliss-reactive ketones (excluding diaryl/α,β-unsaturated/α-hetero) is 1. The van der Waals surface area contributed by atoms with Gasteiger partial charge in [-0.3, -0.25) is 9.52 Å². The normalized spacial score (nSPS) is 15.2. The standard InChI is InChI=1S/C22H29N3O6S2/c1-3-4-10-23-21-9-8-20(33(29,30)25-11-13-31-14-12-25)16-22(21)24-32(27,28)19-7-5-6-18(15-19)17(2)26/h5-9,15-16,23-24H,3-4,10-14H2,1-2H3. The molecule has 0 amide bonds. The van der Waals surface area contributed by atoms with Gasteiger partial charge in [-0.2, -0.15) is 4.31 Å². The fraction of sp³-hybridized carbons (Fsp3) is 0.409. The van der Waals surface area contributed by atoms with Crippen LogP contribution in [0.2, 0.25) is 0 Å². The third-order valence-corrected chi connectivity index (χ3v) is 8.50. The maximum atomic E-state index is 13.1. The largest absolute Gasteiger partial charge is 0.383 e. The van der Waals surface area contributed by atoms with Gasteiger partial charge in [0.1, 0.15) is 0 Å². The molecule has 2 aromatic rings. The SMILES string of the molecule is CCCCNc1ccc(S(=O)(=O)N2CCOCC2)cc1NS(=O)(=O)c1cccc(C(C)=O)c1. The summed E-state index contributed by atoms with van der Waals surface area (Å²) in [5.41, 5.74) is 0.854. The van der Waals surface area contributed by atoms with Crippen LogP contribution in [0.1, 0.15) is 37.0 Å². The third kappa shape index (κ3) is 6.11. The molecule has 1 aliphatic heterocycles. The summed E-state index contributed by atoms with van der Waals surface area (Å²) in [7, 11) is -7.90. The molecule has 2 aromatic carbocycles. The summed E-state index contributed by atoms with van der Waals surface area (Å²) in [6.45, 7) is 5.07. The van der Waals surface area contributed by atoms with E-state index in [0.29, 0.717) is 25.4 Å². The fourth-order valence-corrected chi connectivity index (χ4v) is 5.90. The number of hydrogen-bond donors (Lipinski definition) is 2. The highest BCUT2D eigenvalue weighted by Gasteiger charge is 2.28. The lowest BCUT2D eigenvalue weighted by molar-refractivity contribution is 0.0730. The molecule has 0 atom stereocenters. The Balaban J connectivity index is 1.99. The van der Waals surface area contributed by atoms with E-state index in [1.54, 1.807) is 6.07 Å². The number of rotatable bonds is 10. The molecule has 3 rings (SSSR count). The highest BCUT2D eigenvalue weighted by Crippen LogP contribution is 2.30. The van der Waals surface area contributed by atoms with Crippen molar-refractivity contribution in [1.29, 1.82) is 0 Å². The number of ether oxygens (including phenoxy) is 1. The predicted octanol–water partition coefficient (Wildman–Crippen LogP) is 2.92. The van der Waals surface area contributed by atoms with Gasteiger partial charge in [0.25, 0.3) is 10.0 Å². The van der Waals surface area contributed by atoms with Crippen molar-refractivity contribution in [3.63, 3.8) is 0 Å². The molecule has 0 saturated carbocycles. The molecule has 2 N–H and O–H groups in total. The second-order valence-electron chi connectivity index (χ2n) is 7.69. The van der Waals surface area contributed by atoms with Gasteiger partial charge >= 0.3 is 0 Å². The second-order valence-corrected chi connectivity index (χ2v) is 11.3. The van der Waals surface area contributed by atoms with E-state index < -0.39 is 20.0 Å². The molecule has 0 aliphatic carbocycles. The van der Waals surface area contributed by atoms with E-state index in [0.717, 1.165) is 12.8 Å². The number of morpholine rings is 1. The molecule has 0 spiro atoms. The number of ketones is 1. The van der Waals surface area contributed by atoms with E-state index in [1.807, 2.05) is 6.92 Å².